The lowest BCUT2D eigenvalue weighted by atomic mass is 10.1. The molecule has 2 amide bonds. The van der Waals surface area contributed by atoms with E-state index in [1.165, 1.54) is 33.7 Å². The highest BCUT2D eigenvalue weighted by molar-refractivity contribution is 7.91. The molecule has 0 unspecified atom stereocenters. The van der Waals surface area contributed by atoms with Gasteiger partial charge in [0.1, 0.15) is 5.82 Å². The van der Waals surface area contributed by atoms with Crippen LogP contribution in [0.4, 0.5) is 20.0 Å². The molecule has 1 N–H and O–H groups in total. The van der Waals surface area contributed by atoms with Crippen molar-refractivity contribution in [1.29, 1.82) is 0 Å². The minimum absolute atomic E-state index is 0.0644. The molecule has 3 heterocycles. The normalized spacial score (nSPS) is 15.6. The number of aromatic nitrogens is 2. The number of nitrogens with one attached hydrogen (secondary N) is 1. The van der Waals surface area contributed by atoms with Crippen molar-refractivity contribution in [3.05, 3.63) is 40.4 Å². The van der Waals surface area contributed by atoms with Crippen molar-refractivity contribution in [2.75, 3.05) is 50.1 Å². The van der Waals surface area contributed by atoms with Crippen molar-refractivity contribution in [2.24, 2.45) is 0 Å². The van der Waals surface area contributed by atoms with Crippen LogP contribution in [-0.4, -0.2) is 86.0 Å². The van der Waals surface area contributed by atoms with Gasteiger partial charge in [-0.1, -0.05) is 17.4 Å². The molecule has 1 fully saturated rings. The number of amides is 2. The van der Waals surface area contributed by atoms with E-state index in [0.29, 0.717) is 31.7 Å². The quantitative estimate of drug-likeness (QED) is 0.362. The molecule has 40 heavy (non-hydrogen) atoms. The maximum absolute atomic E-state index is 14.9. The largest absolute Gasteiger partial charge is 0.453 e. The summed E-state index contributed by atoms with van der Waals surface area (Å²) in [5.74, 6) is -0.501. The number of hydrogen-bond acceptors (Lipinski definition) is 10. The molecule has 15 heteroatoms. The van der Waals surface area contributed by atoms with Crippen LogP contribution >= 0.6 is 22.7 Å². The van der Waals surface area contributed by atoms with Crippen LogP contribution in [0.15, 0.2) is 22.4 Å². The first kappa shape index (κ1) is 30.0. The average molecular weight is 611 g/mol. The summed E-state index contributed by atoms with van der Waals surface area (Å²) in [5.41, 5.74) is 2.12. The highest BCUT2D eigenvalue weighted by Crippen LogP contribution is 2.34. The lowest BCUT2D eigenvalue weighted by Gasteiger charge is -2.37. The zero-order chi connectivity index (χ0) is 29.2. The number of rotatable bonds is 9. The zero-order valence-corrected chi connectivity index (χ0v) is 25.3. The van der Waals surface area contributed by atoms with Crippen molar-refractivity contribution in [1.82, 2.24) is 19.2 Å². The summed E-state index contributed by atoms with van der Waals surface area (Å²) in [4.78, 5) is 36.5. The van der Waals surface area contributed by atoms with Gasteiger partial charge in [-0.25, -0.2) is 27.6 Å². The van der Waals surface area contributed by atoms with Gasteiger partial charge in [-0.3, -0.25) is 15.0 Å². The maximum atomic E-state index is 14.9. The van der Waals surface area contributed by atoms with Crippen LogP contribution in [0.25, 0.3) is 10.4 Å². The number of halogens is 1. The van der Waals surface area contributed by atoms with Crippen LogP contribution in [0.2, 0.25) is 0 Å². The second-order valence-corrected chi connectivity index (χ2v) is 13.7. The second-order valence-electron chi connectivity index (χ2n) is 9.39. The van der Waals surface area contributed by atoms with Gasteiger partial charge in [-0.15, -0.1) is 11.3 Å². The van der Waals surface area contributed by atoms with Crippen LogP contribution in [0, 0.1) is 26.6 Å². The third-order valence-corrected chi connectivity index (χ3v) is 11.2. The number of benzene rings is 1. The van der Waals surface area contributed by atoms with Gasteiger partial charge in [-0.2, -0.15) is 4.31 Å². The Kier molecular flexibility index (Phi) is 9.19. The van der Waals surface area contributed by atoms with Crippen LogP contribution in [-0.2, 0) is 19.6 Å². The molecule has 0 aliphatic carbocycles. The molecule has 0 radical (unpaired) electrons. The zero-order valence-electron chi connectivity index (χ0n) is 22.8. The number of thiazole rings is 2. The van der Waals surface area contributed by atoms with Crippen molar-refractivity contribution in [3.63, 3.8) is 0 Å². The first-order chi connectivity index (χ1) is 18.9. The Hall–Kier alpha value is -2.98. The maximum Gasteiger partial charge on any atom is 0.413 e. The Morgan fingerprint density at radius 3 is 2.48 bits per heavy atom. The predicted molar refractivity (Wildman–Crippen MR) is 153 cm³/mol. The minimum atomic E-state index is -3.82. The molecule has 216 valence electrons. The molecule has 2 aromatic heterocycles. The fourth-order valence-corrected chi connectivity index (χ4v) is 8.47. The number of nitrogens with zero attached hydrogens (tertiary/aromatic N) is 5. The molecule has 3 aromatic rings. The van der Waals surface area contributed by atoms with Gasteiger partial charge in [0.05, 0.1) is 34.1 Å². The third-order valence-electron chi connectivity index (χ3n) is 6.55. The molecular weight excluding hydrogens is 580 g/mol. The lowest BCUT2D eigenvalue weighted by molar-refractivity contribution is -0.108. The Morgan fingerprint density at radius 1 is 1.18 bits per heavy atom. The molecule has 1 aliphatic heterocycles. The third kappa shape index (κ3) is 6.33. The van der Waals surface area contributed by atoms with Crippen molar-refractivity contribution in [2.45, 2.75) is 37.9 Å². The molecule has 1 aromatic carbocycles. The lowest BCUT2D eigenvalue weighted by Crippen LogP contribution is -2.52. The van der Waals surface area contributed by atoms with E-state index in [9.17, 15) is 22.4 Å². The minimum Gasteiger partial charge on any atom is -0.453 e. The van der Waals surface area contributed by atoms with Gasteiger partial charge in [0, 0.05) is 38.8 Å². The smallest absolute Gasteiger partial charge is 0.413 e. The highest BCUT2D eigenvalue weighted by Gasteiger charge is 2.33. The summed E-state index contributed by atoms with van der Waals surface area (Å²) in [7, 11) is -2.61. The molecule has 0 bridgehead atoms. The number of methoxy groups -OCH3 is 1. The standard InChI is InChI=1S/C25H31FN6O5S3/c1-15(32(14-33)21-12-19(6-7-20(21)26)22-16(2)27-18(4)38-22)13-30-8-10-31(11-9-30)40(35,36)23-17(3)28-24(39-23)29-25(34)37-5/h6-7,12,14-15H,8-11,13H2,1-5H3,(H,28,29,34)/t15-/m0/s1. The monoisotopic (exact) mass is 610 g/mol. The second kappa shape index (κ2) is 12.3. The first-order valence-corrected chi connectivity index (χ1v) is 15.5. The van der Waals surface area contributed by atoms with E-state index < -0.39 is 21.9 Å². The number of carbonyl (C=O) groups is 2. The first-order valence-electron chi connectivity index (χ1n) is 12.5. The number of carbonyl (C=O) groups excluding carboxylic acids is 2. The van der Waals surface area contributed by atoms with Crippen molar-refractivity contribution in [3.8, 4) is 10.4 Å². The molecule has 4 rings (SSSR count). The number of hydrogen-bond donors (Lipinski definition) is 1. The van der Waals surface area contributed by atoms with Gasteiger partial charge in [0.2, 0.25) is 6.41 Å². The number of sulfonamides is 1. The van der Waals surface area contributed by atoms with Crippen LogP contribution in [0.5, 0.6) is 0 Å². The average Bonchev–Trinajstić information content (AvgIpc) is 3.46. The van der Waals surface area contributed by atoms with Gasteiger partial charge in [0.25, 0.3) is 10.0 Å². The van der Waals surface area contributed by atoms with E-state index in [4.69, 9.17) is 0 Å². The summed E-state index contributed by atoms with van der Waals surface area (Å²) in [5, 5.41) is 3.45. The van der Waals surface area contributed by atoms with Gasteiger partial charge in [0.15, 0.2) is 9.34 Å². The fraction of sp³-hybridized carbons (Fsp3) is 0.440. The summed E-state index contributed by atoms with van der Waals surface area (Å²) in [6, 6.07) is 4.35. The molecule has 0 saturated carbocycles. The number of anilines is 2. The number of aryl methyl sites for hydroxylation is 3. The molecule has 0 spiro atoms. The summed E-state index contributed by atoms with van der Waals surface area (Å²) in [6.07, 6.45) is -0.102. The van der Waals surface area contributed by atoms with Gasteiger partial charge < -0.3 is 9.64 Å². The van der Waals surface area contributed by atoms with Crippen molar-refractivity contribution < 1.29 is 27.1 Å². The van der Waals surface area contributed by atoms with Crippen LogP contribution in [0.1, 0.15) is 23.3 Å². The molecule has 1 aliphatic rings. The number of piperazine rings is 1. The Labute approximate surface area is 240 Å². The SMILES string of the molecule is COC(=O)Nc1nc(C)c(S(=O)(=O)N2CCN(C[C@H](C)N(C=O)c3cc(-c4sc(C)nc4C)ccc3F)CC2)s1. The summed E-state index contributed by atoms with van der Waals surface area (Å²) >= 11 is 2.39. The summed E-state index contributed by atoms with van der Waals surface area (Å²) in [6.45, 7) is 8.99. The van der Waals surface area contributed by atoms with E-state index in [1.807, 2.05) is 20.8 Å². The fourth-order valence-electron chi connectivity index (χ4n) is 4.59. The summed E-state index contributed by atoms with van der Waals surface area (Å²) < 4.78 is 47.5. The topological polar surface area (TPSA) is 125 Å². The predicted octanol–water partition coefficient (Wildman–Crippen LogP) is 3.87. The van der Waals surface area contributed by atoms with E-state index in [1.54, 1.807) is 19.1 Å². The molecule has 1 atom stereocenters. The molecular formula is C25H31FN6O5S3. The Balaban J connectivity index is 1.42. The van der Waals surface area contributed by atoms with E-state index >= 15 is 0 Å². The molecule has 1 saturated heterocycles. The Morgan fingerprint density at radius 2 is 1.88 bits per heavy atom. The van der Waals surface area contributed by atoms with Crippen molar-refractivity contribution >= 4 is 56.0 Å². The molecule has 11 nitrogen and oxygen atoms in total. The van der Waals surface area contributed by atoms with Crippen LogP contribution in [0.3, 0.4) is 0 Å². The highest BCUT2D eigenvalue weighted by atomic mass is 32.2. The van der Waals surface area contributed by atoms with E-state index in [-0.39, 0.29) is 34.2 Å². The van der Waals surface area contributed by atoms with E-state index in [0.717, 1.165) is 32.5 Å². The number of ether oxygens (including phenoxy) is 1. The van der Waals surface area contributed by atoms with Gasteiger partial charge >= 0.3 is 6.09 Å². The van der Waals surface area contributed by atoms with Gasteiger partial charge in [-0.05, 0) is 45.4 Å². The van der Waals surface area contributed by atoms with Crippen LogP contribution < -0.4 is 10.2 Å². The van der Waals surface area contributed by atoms with E-state index in [2.05, 4.69) is 24.9 Å². The Bertz CT molecular complexity index is 1500.